The van der Waals surface area contributed by atoms with Crippen LogP contribution in [0.4, 0.5) is 0 Å². The minimum atomic E-state index is -1.54. The van der Waals surface area contributed by atoms with E-state index in [9.17, 15) is 40.9 Å². The van der Waals surface area contributed by atoms with E-state index in [1.807, 2.05) is 0 Å². The van der Waals surface area contributed by atoms with E-state index in [0.29, 0.717) is 11.5 Å². The molecule has 12 nitrogen and oxygen atoms in total. The Kier molecular flexibility index (Phi) is 8.42. The first-order valence-corrected chi connectivity index (χ1v) is 11.4. The Morgan fingerprint density at radius 2 is 0.833 bits per heavy atom. The number of aliphatic hydroxyl groups excluding tert-OH is 8. The van der Waals surface area contributed by atoms with E-state index in [2.05, 4.69) is 0 Å². The zero-order valence-corrected chi connectivity index (χ0v) is 19.0. The maximum Gasteiger partial charge on any atom is 0.229 e. The lowest BCUT2D eigenvalue weighted by molar-refractivity contribution is -0.277. The highest BCUT2D eigenvalue weighted by atomic mass is 16.7. The molecule has 8 N–H and O–H groups in total. The van der Waals surface area contributed by atoms with E-state index < -0.39 is 74.6 Å². The lowest BCUT2D eigenvalue weighted by Gasteiger charge is -2.39. The molecule has 2 aromatic rings. The molecule has 0 aromatic heterocycles. The molecule has 2 fully saturated rings. The molecule has 0 saturated carbocycles. The standard InChI is InChI=1S/C24H30O12/c25-9-15-17(27)19(29)21(31)23(35-15)33-13-5-1-11(2-6-13)12-3-7-14(8-4-12)34-24-22(32)20(30)18(28)16(10-26)36-24/h1-8,15-32H,9-10H2/t15?,16?,17-,18-,19?,20?,21?,22?,23+,24+/m1/s1. The molecule has 0 bridgehead atoms. The Hall–Kier alpha value is -2.36. The van der Waals surface area contributed by atoms with Gasteiger partial charge in [-0.1, -0.05) is 24.3 Å². The fourth-order valence-corrected chi connectivity index (χ4v) is 4.05. The summed E-state index contributed by atoms with van der Waals surface area (Å²) in [6.45, 7) is -1.11. The van der Waals surface area contributed by atoms with E-state index in [-0.39, 0.29) is 0 Å². The van der Waals surface area contributed by atoms with Gasteiger partial charge < -0.3 is 59.8 Å². The van der Waals surface area contributed by atoms with Crippen molar-refractivity contribution in [2.75, 3.05) is 13.2 Å². The van der Waals surface area contributed by atoms with Crippen LogP contribution in [0.2, 0.25) is 0 Å². The highest BCUT2D eigenvalue weighted by Crippen LogP contribution is 2.29. The molecule has 2 saturated heterocycles. The number of rotatable bonds is 7. The van der Waals surface area contributed by atoms with E-state index in [1.54, 1.807) is 48.5 Å². The fourth-order valence-electron chi connectivity index (χ4n) is 4.05. The summed E-state index contributed by atoms with van der Waals surface area (Å²) in [6, 6.07) is 13.5. The Bertz CT molecular complexity index is 887. The molecule has 2 heterocycles. The van der Waals surface area contributed by atoms with Gasteiger partial charge >= 0.3 is 0 Å². The molecule has 2 aliphatic heterocycles. The summed E-state index contributed by atoms with van der Waals surface area (Å²) in [5.41, 5.74) is 1.60. The van der Waals surface area contributed by atoms with Crippen molar-refractivity contribution in [1.82, 2.24) is 0 Å². The molecule has 2 aliphatic rings. The van der Waals surface area contributed by atoms with Gasteiger partial charge in [0.1, 0.15) is 60.3 Å². The summed E-state index contributed by atoms with van der Waals surface area (Å²) in [5.74, 6) is 0.649. The third-order valence-corrected chi connectivity index (χ3v) is 6.24. The van der Waals surface area contributed by atoms with Crippen molar-refractivity contribution < 1.29 is 59.8 Å². The predicted molar refractivity (Wildman–Crippen MR) is 121 cm³/mol. The first-order chi connectivity index (χ1) is 17.2. The largest absolute Gasteiger partial charge is 0.462 e. The summed E-state index contributed by atoms with van der Waals surface area (Å²) in [4.78, 5) is 0. The highest BCUT2D eigenvalue weighted by Gasteiger charge is 2.45. The first-order valence-electron chi connectivity index (χ1n) is 11.4. The molecule has 0 aliphatic carbocycles. The molecular formula is C24H30O12. The Morgan fingerprint density at radius 1 is 0.500 bits per heavy atom. The van der Waals surface area contributed by atoms with Gasteiger partial charge in [0.05, 0.1) is 13.2 Å². The summed E-state index contributed by atoms with van der Waals surface area (Å²) in [7, 11) is 0. The van der Waals surface area contributed by atoms with Crippen LogP contribution in [0.1, 0.15) is 0 Å². The van der Waals surface area contributed by atoms with Crippen LogP contribution in [0.15, 0.2) is 48.5 Å². The molecule has 4 rings (SSSR count). The SMILES string of the molecule is OCC1O[C@H](Oc2ccc(-c3ccc(O[C@H]4OC(CO)[C@@H](O)C(O)C4O)cc3)cc2)C(O)C(O)[C@@H]1O. The third-order valence-electron chi connectivity index (χ3n) is 6.24. The van der Waals surface area contributed by atoms with Gasteiger partial charge in [-0.15, -0.1) is 0 Å². The average molecular weight is 510 g/mol. The second-order valence-electron chi connectivity index (χ2n) is 8.68. The fraction of sp³-hybridized carbons (Fsp3) is 0.500. The van der Waals surface area contributed by atoms with Crippen molar-refractivity contribution >= 4 is 0 Å². The molecule has 12 heteroatoms. The first kappa shape index (κ1) is 26.7. The van der Waals surface area contributed by atoms with E-state index in [4.69, 9.17) is 18.9 Å². The van der Waals surface area contributed by atoms with Gasteiger partial charge in [-0.3, -0.25) is 0 Å². The number of hydrogen-bond acceptors (Lipinski definition) is 12. The molecule has 0 radical (unpaired) electrons. The lowest BCUT2D eigenvalue weighted by atomic mass is 9.99. The highest BCUT2D eigenvalue weighted by molar-refractivity contribution is 5.64. The van der Waals surface area contributed by atoms with E-state index in [0.717, 1.165) is 11.1 Å². The van der Waals surface area contributed by atoms with Crippen LogP contribution in [-0.2, 0) is 9.47 Å². The summed E-state index contributed by atoms with van der Waals surface area (Å²) >= 11 is 0. The van der Waals surface area contributed by atoms with Gasteiger partial charge in [0.15, 0.2) is 0 Å². The second-order valence-corrected chi connectivity index (χ2v) is 8.68. The molecule has 2 aromatic carbocycles. The zero-order valence-electron chi connectivity index (χ0n) is 19.0. The number of hydrogen-bond donors (Lipinski definition) is 8. The smallest absolute Gasteiger partial charge is 0.229 e. The lowest BCUT2D eigenvalue weighted by Crippen LogP contribution is -2.60. The van der Waals surface area contributed by atoms with Crippen molar-refractivity contribution in [3.8, 4) is 22.6 Å². The molecule has 0 amide bonds. The van der Waals surface area contributed by atoms with Crippen LogP contribution < -0.4 is 9.47 Å². The molecular weight excluding hydrogens is 480 g/mol. The maximum absolute atomic E-state index is 10.1. The molecule has 6 unspecified atom stereocenters. The van der Waals surface area contributed by atoms with Gasteiger partial charge in [0.25, 0.3) is 0 Å². The van der Waals surface area contributed by atoms with Crippen molar-refractivity contribution in [2.45, 2.75) is 61.4 Å². The molecule has 0 spiro atoms. The minimum Gasteiger partial charge on any atom is -0.462 e. The molecule has 36 heavy (non-hydrogen) atoms. The van der Waals surface area contributed by atoms with Crippen molar-refractivity contribution in [3.05, 3.63) is 48.5 Å². The summed E-state index contributed by atoms with van der Waals surface area (Å²) in [6.07, 6.45) is -13.8. The van der Waals surface area contributed by atoms with Crippen molar-refractivity contribution in [1.29, 1.82) is 0 Å². The van der Waals surface area contributed by atoms with Crippen LogP contribution in [0.25, 0.3) is 11.1 Å². The van der Waals surface area contributed by atoms with Gasteiger partial charge in [0.2, 0.25) is 12.6 Å². The van der Waals surface area contributed by atoms with E-state index in [1.165, 1.54) is 0 Å². The summed E-state index contributed by atoms with van der Waals surface area (Å²) < 4.78 is 21.9. The Balaban J connectivity index is 1.38. The molecule has 10 atom stereocenters. The second kappa shape index (κ2) is 11.4. The monoisotopic (exact) mass is 510 g/mol. The van der Waals surface area contributed by atoms with E-state index >= 15 is 0 Å². The van der Waals surface area contributed by atoms with Crippen molar-refractivity contribution in [3.63, 3.8) is 0 Å². The third kappa shape index (κ3) is 5.48. The quantitative estimate of drug-likeness (QED) is 0.199. The maximum atomic E-state index is 10.1. The summed E-state index contributed by atoms with van der Waals surface area (Å²) in [5, 5.41) is 78.3. The number of benzene rings is 2. The van der Waals surface area contributed by atoms with Crippen LogP contribution >= 0.6 is 0 Å². The number of ether oxygens (including phenoxy) is 4. The minimum absolute atomic E-state index is 0.325. The average Bonchev–Trinajstić information content (AvgIpc) is 2.90. The van der Waals surface area contributed by atoms with Crippen LogP contribution in [0, 0.1) is 0 Å². The topological polar surface area (TPSA) is 199 Å². The Labute approximate surface area is 206 Å². The zero-order chi connectivity index (χ0) is 26.0. The Morgan fingerprint density at radius 3 is 1.14 bits per heavy atom. The number of aliphatic hydroxyl groups is 8. The van der Waals surface area contributed by atoms with Gasteiger partial charge in [-0.25, -0.2) is 0 Å². The van der Waals surface area contributed by atoms with Crippen LogP contribution in [0.3, 0.4) is 0 Å². The van der Waals surface area contributed by atoms with Crippen molar-refractivity contribution in [2.24, 2.45) is 0 Å². The van der Waals surface area contributed by atoms with Gasteiger partial charge in [-0.05, 0) is 35.4 Å². The molecule has 198 valence electrons. The van der Waals surface area contributed by atoms with Crippen LogP contribution in [0.5, 0.6) is 11.5 Å². The van der Waals surface area contributed by atoms with Gasteiger partial charge in [0, 0.05) is 0 Å². The van der Waals surface area contributed by atoms with Gasteiger partial charge in [-0.2, -0.15) is 0 Å². The van der Waals surface area contributed by atoms with Crippen LogP contribution in [-0.4, -0.2) is 115 Å². The predicted octanol–water partition coefficient (Wildman–Crippen LogP) is -2.29. The normalized spacial score (nSPS) is 36.9.